The number of carbonyl (C=O) groups excluding carboxylic acids is 1. The van der Waals surface area contributed by atoms with Crippen LogP contribution in [-0.2, 0) is 23.7 Å². The molecule has 0 N–H and O–H groups in total. The molecular formula is C12H25NO5. The SMILES string of the molecule is CCOCCOCCOCCOCCN(C)C=O. The van der Waals surface area contributed by atoms with Crippen molar-refractivity contribution >= 4 is 6.41 Å². The molecule has 0 atom stereocenters. The monoisotopic (exact) mass is 263 g/mol. The molecule has 0 aromatic heterocycles. The van der Waals surface area contributed by atoms with Crippen LogP contribution in [0.25, 0.3) is 0 Å². The zero-order valence-corrected chi connectivity index (χ0v) is 11.4. The maximum atomic E-state index is 10.3. The molecule has 0 aliphatic carbocycles. The third kappa shape index (κ3) is 13.4. The van der Waals surface area contributed by atoms with Crippen molar-refractivity contribution in [3.05, 3.63) is 0 Å². The average molecular weight is 263 g/mol. The zero-order valence-electron chi connectivity index (χ0n) is 11.4. The van der Waals surface area contributed by atoms with Gasteiger partial charge in [0.05, 0.1) is 46.2 Å². The molecule has 6 heteroatoms. The Hall–Kier alpha value is -0.690. The maximum absolute atomic E-state index is 10.3. The number of rotatable bonds is 14. The van der Waals surface area contributed by atoms with Crippen LogP contribution in [-0.4, -0.2) is 77.8 Å². The second kappa shape index (κ2) is 14.4. The second-order valence-corrected chi connectivity index (χ2v) is 3.62. The molecular weight excluding hydrogens is 238 g/mol. The van der Waals surface area contributed by atoms with E-state index in [2.05, 4.69) is 0 Å². The van der Waals surface area contributed by atoms with Gasteiger partial charge in [0.15, 0.2) is 0 Å². The molecule has 0 aromatic rings. The van der Waals surface area contributed by atoms with E-state index in [1.807, 2.05) is 6.92 Å². The quantitative estimate of drug-likeness (QED) is 0.330. The lowest BCUT2D eigenvalue weighted by molar-refractivity contribution is -0.117. The molecule has 0 unspecified atom stereocenters. The van der Waals surface area contributed by atoms with E-state index >= 15 is 0 Å². The number of carbonyl (C=O) groups is 1. The molecule has 18 heavy (non-hydrogen) atoms. The third-order valence-electron chi connectivity index (χ3n) is 2.09. The topological polar surface area (TPSA) is 57.2 Å². The van der Waals surface area contributed by atoms with Crippen molar-refractivity contribution in [2.24, 2.45) is 0 Å². The minimum Gasteiger partial charge on any atom is -0.379 e. The van der Waals surface area contributed by atoms with E-state index in [9.17, 15) is 4.79 Å². The Kier molecular flexibility index (Phi) is 13.8. The number of ether oxygens (including phenoxy) is 4. The Morgan fingerprint density at radius 2 is 1.28 bits per heavy atom. The molecule has 6 nitrogen and oxygen atoms in total. The average Bonchev–Trinajstić information content (AvgIpc) is 2.39. The number of likely N-dealkylation sites (N-methyl/N-ethyl adjacent to an activating group) is 1. The van der Waals surface area contributed by atoms with Crippen molar-refractivity contribution < 1.29 is 23.7 Å². The van der Waals surface area contributed by atoms with E-state index in [0.29, 0.717) is 52.8 Å². The van der Waals surface area contributed by atoms with Crippen LogP contribution in [0.15, 0.2) is 0 Å². The van der Waals surface area contributed by atoms with Gasteiger partial charge < -0.3 is 23.8 Å². The predicted molar refractivity (Wildman–Crippen MR) is 67.6 cm³/mol. The maximum Gasteiger partial charge on any atom is 0.209 e. The summed E-state index contributed by atoms with van der Waals surface area (Å²) in [6.45, 7) is 7.24. The van der Waals surface area contributed by atoms with Crippen LogP contribution in [0.3, 0.4) is 0 Å². The minimum absolute atomic E-state index is 0.531. The molecule has 0 spiro atoms. The van der Waals surface area contributed by atoms with Crippen LogP contribution in [0.4, 0.5) is 0 Å². The Labute approximate surface area is 109 Å². The molecule has 108 valence electrons. The standard InChI is InChI=1S/C12H25NO5/c1-3-15-6-7-17-10-11-18-9-8-16-5-4-13(2)12-14/h12H,3-11H2,1-2H3. The lowest BCUT2D eigenvalue weighted by atomic mass is 10.6. The zero-order chi connectivity index (χ0) is 13.5. The molecule has 0 heterocycles. The lowest BCUT2D eigenvalue weighted by Crippen LogP contribution is -2.22. The van der Waals surface area contributed by atoms with Gasteiger partial charge in [-0.25, -0.2) is 0 Å². The number of hydrogen-bond donors (Lipinski definition) is 0. The van der Waals surface area contributed by atoms with E-state index < -0.39 is 0 Å². The highest BCUT2D eigenvalue weighted by atomic mass is 16.6. The second-order valence-electron chi connectivity index (χ2n) is 3.62. The van der Waals surface area contributed by atoms with Gasteiger partial charge in [0.2, 0.25) is 6.41 Å². The van der Waals surface area contributed by atoms with Crippen LogP contribution >= 0.6 is 0 Å². The first-order chi connectivity index (χ1) is 8.81. The number of nitrogens with zero attached hydrogens (tertiary/aromatic N) is 1. The van der Waals surface area contributed by atoms with E-state index in [-0.39, 0.29) is 0 Å². The summed E-state index contributed by atoms with van der Waals surface area (Å²) in [5.41, 5.74) is 0. The Morgan fingerprint density at radius 3 is 1.72 bits per heavy atom. The fourth-order valence-electron chi connectivity index (χ4n) is 1.07. The molecule has 0 fully saturated rings. The highest BCUT2D eigenvalue weighted by Gasteiger charge is 1.94. The van der Waals surface area contributed by atoms with Gasteiger partial charge in [-0.15, -0.1) is 0 Å². The molecule has 1 amide bonds. The highest BCUT2D eigenvalue weighted by molar-refractivity contribution is 5.46. The van der Waals surface area contributed by atoms with Gasteiger partial charge in [0.1, 0.15) is 0 Å². The van der Waals surface area contributed by atoms with Gasteiger partial charge in [-0.3, -0.25) is 4.79 Å². The van der Waals surface area contributed by atoms with Gasteiger partial charge in [0, 0.05) is 20.2 Å². The van der Waals surface area contributed by atoms with Crippen LogP contribution in [0.1, 0.15) is 6.92 Å². The predicted octanol–water partition coefficient (Wildman–Crippen LogP) is 0.161. The van der Waals surface area contributed by atoms with Crippen molar-refractivity contribution in [2.45, 2.75) is 6.92 Å². The number of amides is 1. The largest absolute Gasteiger partial charge is 0.379 e. The van der Waals surface area contributed by atoms with E-state index in [1.165, 1.54) is 4.90 Å². The van der Waals surface area contributed by atoms with Crippen molar-refractivity contribution in [3.63, 3.8) is 0 Å². The minimum atomic E-state index is 0.531. The molecule has 0 aromatic carbocycles. The van der Waals surface area contributed by atoms with E-state index in [0.717, 1.165) is 13.0 Å². The van der Waals surface area contributed by atoms with Crippen molar-refractivity contribution in [1.29, 1.82) is 0 Å². The van der Waals surface area contributed by atoms with Gasteiger partial charge in [-0.1, -0.05) is 0 Å². The summed E-state index contributed by atoms with van der Waals surface area (Å²) in [7, 11) is 1.71. The summed E-state index contributed by atoms with van der Waals surface area (Å²) in [5.74, 6) is 0. The normalized spacial score (nSPS) is 10.6. The molecule has 0 saturated carbocycles. The van der Waals surface area contributed by atoms with Gasteiger partial charge in [0.25, 0.3) is 0 Å². The van der Waals surface area contributed by atoms with E-state index in [1.54, 1.807) is 7.05 Å². The summed E-state index contributed by atoms with van der Waals surface area (Å²) < 4.78 is 21.0. The highest BCUT2D eigenvalue weighted by Crippen LogP contribution is 1.83. The number of hydrogen-bond acceptors (Lipinski definition) is 5. The first-order valence-corrected chi connectivity index (χ1v) is 6.27. The Morgan fingerprint density at radius 1 is 0.833 bits per heavy atom. The van der Waals surface area contributed by atoms with Crippen LogP contribution in [0.2, 0.25) is 0 Å². The molecule has 0 rings (SSSR count). The Balaban J connectivity index is 2.96. The summed E-state index contributed by atoms with van der Waals surface area (Å²) in [6.07, 6.45) is 0.777. The summed E-state index contributed by atoms with van der Waals surface area (Å²) in [5, 5.41) is 0. The fourth-order valence-corrected chi connectivity index (χ4v) is 1.07. The van der Waals surface area contributed by atoms with Gasteiger partial charge >= 0.3 is 0 Å². The molecule has 0 bridgehead atoms. The first-order valence-electron chi connectivity index (χ1n) is 6.27. The van der Waals surface area contributed by atoms with Gasteiger partial charge in [-0.2, -0.15) is 0 Å². The lowest BCUT2D eigenvalue weighted by Gasteiger charge is -2.10. The smallest absolute Gasteiger partial charge is 0.209 e. The summed E-state index contributed by atoms with van der Waals surface area (Å²) in [4.78, 5) is 11.8. The van der Waals surface area contributed by atoms with Crippen LogP contribution < -0.4 is 0 Å². The molecule has 0 aliphatic rings. The fraction of sp³-hybridized carbons (Fsp3) is 0.917. The molecule has 0 radical (unpaired) electrons. The first kappa shape index (κ1) is 17.3. The molecule has 0 saturated heterocycles. The van der Waals surface area contributed by atoms with Crippen LogP contribution in [0, 0.1) is 0 Å². The van der Waals surface area contributed by atoms with E-state index in [4.69, 9.17) is 18.9 Å². The van der Waals surface area contributed by atoms with Gasteiger partial charge in [-0.05, 0) is 6.92 Å². The summed E-state index contributed by atoms with van der Waals surface area (Å²) in [6, 6.07) is 0. The summed E-state index contributed by atoms with van der Waals surface area (Å²) >= 11 is 0. The van der Waals surface area contributed by atoms with Crippen LogP contribution in [0.5, 0.6) is 0 Å². The Bertz CT molecular complexity index is 180. The van der Waals surface area contributed by atoms with Crippen molar-refractivity contribution in [2.75, 3.05) is 66.4 Å². The third-order valence-corrected chi connectivity index (χ3v) is 2.09. The van der Waals surface area contributed by atoms with Crippen molar-refractivity contribution in [1.82, 2.24) is 4.90 Å². The molecule has 0 aliphatic heterocycles. The van der Waals surface area contributed by atoms with Crippen molar-refractivity contribution in [3.8, 4) is 0 Å².